The lowest BCUT2D eigenvalue weighted by atomic mass is 9.62. The number of para-hydroxylation sites is 2. The Kier molecular flexibility index (Phi) is 4.88. The molecular weight excluding hydrogens is 444 g/mol. The topological polar surface area (TPSA) is 48.1 Å². The lowest BCUT2D eigenvalue weighted by Gasteiger charge is -2.41. The van der Waals surface area contributed by atoms with E-state index < -0.39 is 0 Å². The van der Waals surface area contributed by atoms with E-state index in [4.69, 9.17) is 0 Å². The molecule has 0 fully saturated rings. The highest BCUT2D eigenvalue weighted by Crippen LogP contribution is 2.49. The van der Waals surface area contributed by atoms with Crippen LogP contribution in [0.4, 0.5) is 5.69 Å². The van der Waals surface area contributed by atoms with Crippen LogP contribution in [0.1, 0.15) is 51.7 Å². The van der Waals surface area contributed by atoms with Crippen molar-refractivity contribution < 1.29 is 4.92 Å². The first-order valence-electron chi connectivity index (χ1n) is 12.6. The van der Waals surface area contributed by atoms with E-state index in [1.165, 1.54) is 10.9 Å². The van der Waals surface area contributed by atoms with Crippen LogP contribution in [0.5, 0.6) is 0 Å². The van der Waals surface area contributed by atoms with Gasteiger partial charge in [-0.15, -0.1) is 0 Å². The molecule has 180 valence electrons. The van der Waals surface area contributed by atoms with Gasteiger partial charge in [0.15, 0.2) is 0 Å². The molecule has 1 aliphatic rings. The summed E-state index contributed by atoms with van der Waals surface area (Å²) in [6, 6.07) is 28.9. The normalized spacial score (nSPS) is 16.2. The zero-order chi connectivity index (χ0) is 25.2. The third-order valence-corrected chi connectivity index (χ3v) is 8.16. The Morgan fingerprint density at radius 3 is 2.03 bits per heavy atom. The summed E-state index contributed by atoms with van der Waals surface area (Å²) in [6.07, 6.45) is 2.08. The Hall–Kier alpha value is -3.92. The maximum atomic E-state index is 12.3. The van der Waals surface area contributed by atoms with Crippen molar-refractivity contribution in [1.29, 1.82) is 0 Å². The van der Waals surface area contributed by atoms with E-state index in [1.54, 1.807) is 0 Å². The molecule has 0 atom stereocenters. The highest BCUT2D eigenvalue weighted by Gasteiger charge is 2.39. The molecular formula is C32H30N2O2. The van der Waals surface area contributed by atoms with Crippen LogP contribution in [0.15, 0.2) is 84.9 Å². The van der Waals surface area contributed by atoms with Gasteiger partial charge >= 0.3 is 0 Å². The van der Waals surface area contributed by atoms with Gasteiger partial charge in [0, 0.05) is 22.5 Å². The molecule has 1 aliphatic carbocycles. The van der Waals surface area contributed by atoms with Gasteiger partial charge in [0.1, 0.15) is 0 Å². The molecule has 6 rings (SSSR count). The van der Waals surface area contributed by atoms with Crippen LogP contribution in [-0.4, -0.2) is 9.49 Å². The summed E-state index contributed by atoms with van der Waals surface area (Å²) >= 11 is 0. The monoisotopic (exact) mass is 474 g/mol. The van der Waals surface area contributed by atoms with E-state index >= 15 is 0 Å². The molecule has 0 aliphatic heterocycles. The number of nitro groups is 1. The first-order chi connectivity index (χ1) is 17.2. The van der Waals surface area contributed by atoms with Crippen molar-refractivity contribution in [2.45, 2.75) is 51.4 Å². The molecule has 0 saturated heterocycles. The van der Waals surface area contributed by atoms with Crippen LogP contribution in [0.3, 0.4) is 0 Å². The smallest absolute Gasteiger partial charge is 0.277 e. The zero-order valence-corrected chi connectivity index (χ0v) is 21.2. The van der Waals surface area contributed by atoms with E-state index in [2.05, 4.69) is 86.9 Å². The Morgan fingerprint density at radius 2 is 1.33 bits per heavy atom. The second-order valence-corrected chi connectivity index (χ2v) is 11.4. The minimum Gasteiger partial charge on any atom is -0.309 e. The van der Waals surface area contributed by atoms with Crippen molar-refractivity contribution in [1.82, 2.24) is 4.57 Å². The van der Waals surface area contributed by atoms with Crippen molar-refractivity contribution in [2.24, 2.45) is 0 Å². The molecule has 1 aromatic heterocycles. The van der Waals surface area contributed by atoms with Crippen LogP contribution in [0.25, 0.3) is 38.6 Å². The molecule has 0 spiro atoms. The summed E-state index contributed by atoms with van der Waals surface area (Å²) in [5.74, 6) is 0. The molecule has 0 amide bonds. The summed E-state index contributed by atoms with van der Waals surface area (Å²) < 4.78 is 2.26. The molecule has 4 aromatic carbocycles. The first kappa shape index (κ1) is 22.5. The van der Waals surface area contributed by atoms with E-state index in [0.717, 1.165) is 46.1 Å². The van der Waals surface area contributed by atoms with E-state index in [9.17, 15) is 10.1 Å². The molecule has 4 nitrogen and oxygen atoms in total. The van der Waals surface area contributed by atoms with Crippen molar-refractivity contribution in [2.75, 3.05) is 0 Å². The minimum absolute atomic E-state index is 0.0300. The van der Waals surface area contributed by atoms with Gasteiger partial charge in [-0.1, -0.05) is 76.2 Å². The fraction of sp³-hybridized carbons (Fsp3) is 0.250. The molecule has 36 heavy (non-hydrogen) atoms. The highest BCUT2D eigenvalue weighted by atomic mass is 16.6. The predicted molar refractivity (Wildman–Crippen MR) is 148 cm³/mol. The number of nitrogens with zero attached hydrogens (tertiary/aromatic N) is 2. The molecule has 0 bridgehead atoms. The summed E-state index contributed by atoms with van der Waals surface area (Å²) in [5, 5.41) is 14.7. The first-order valence-corrected chi connectivity index (χ1v) is 12.6. The molecule has 0 saturated carbocycles. The Morgan fingerprint density at radius 1 is 0.722 bits per heavy atom. The molecule has 5 aromatic rings. The third-order valence-electron chi connectivity index (χ3n) is 8.16. The van der Waals surface area contributed by atoms with Crippen molar-refractivity contribution in [3.63, 3.8) is 0 Å². The number of fused-ring (bicyclic) bond motifs is 4. The van der Waals surface area contributed by atoms with Crippen LogP contribution in [-0.2, 0) is 10.8 Å². The van der Waals surface area contributed by atoms with Gasteiger partial charge in [-0.3, -0.25) is 10.1 Å². The predicted octanol–water partition coefficient (Wildman–Crippen LogP) is 8.71. The second-order valence-electron chi connectivity index (χ2n) is 11.4. The van der Waals surface area contributed by atoms with Gasteiger partial charge in [0.25, 0.3) is 5.69 Å². The Labute approximate surface area is 211 Å². The number of hydrogen-bond acceptors (Lipinski definition) is 2. The summed E-state index contributed by atoms with van der Waals surface area (Å²) in [5.41, 5.74) is 7.20. The molecule has 4 heteroatoms. The van der Waals surface area contributed by atoms with Gasteiger partial charge in [-0.2, -0.15) is 0 Å². The average Bonchev–Trinajstić information content (AvgIpc) is 3.20. The molecule has 1 heterocycles. The highest BCUT2D eigenvalue weighted by molar-refractivity contribution is 6.10. The van der Waals surface area contributed by atoms with Crippen LogP contribution < -0.4 is 0 Å². The van der Waals surface area contributed by atoms with E-state index in [1.807, 2.05) is 30.3 Å². The van der Waals surface area contributed by atoms with Gasteiger partial charge in [0.05, 0.1) is 21.5 Å². The van der Waals surface area contributed by atoms with Gasteiger partial charge in [0.2, 0.25) is 0 Å². The van der Waals surface area contributed by atoms with Crippen molar-refractivity contribution in [3.8, 4) is 16.8 Å². The maximum Gasteiger partial charge on any atom is 0.277 e. The van der Waals surface area contributed by atoms with Crippen molar-refractivity contribution in [3.05, 3.63) is 106 Å². The lowest BCUT2D eigenvalue weighted by molar-refractivity contribution is -0.384. The van der Waals surface area contributed by atoms with Crippen LogP contribution in [0, 0.1) is 10.1 Å². The van der Waals surface area contributed by atoms with Crippen LogP contribution in [0.2, 0.25) is 0 Å². The Bertz CT molecular complexity index is 1660. The van der Waals surface area contributed by atoms with E-state index in [0.29, 0.717) is 5.56 Å². The lowest BCUT2D eigenvalue weighted by Crippen LogP contribution is -2.34. The fourth-order valence-corrected chi connectivity index (χ4v) is 5.98. The number of rotatable bonds is 3. The van der Waals surface area contributed by atoms with Gasteiger partial charge in [-0.05, 0) is 70.7 Å². The average molecular weight is 475 g/mol. The van der Waals surface area contributed by atoms with E-state index in [-0.39, 0.29) is 21.4 Å². The van der Waals surface area contributed by atoms with Crippen LogP contribution >= 0.6 is 0 Å². The molecule has 0 unspecified atom stereocenters. The molecule has 0 radical (unpaired) electrons. The number of nitro benzene ring substituents is 1. The number of aromatic nitrogens is 1. The number of benzene rings is 4. The minimum atomic E-state index is -0.218. The summed E-state index contributed by atoms with van der Waals surface area (Å²) in [4.78, 5) is 12.1. The quantitative estimate of drug-likeness (QED) is 0.194. The fourth-order valence-electron chi connectivity index (χ4n) is 5.98. The standard InChI is InChI=1S/C32H30N2O2/c1-31(2)16-17-32(3,4)27-20-30(34(35)36)25(19-26(27)31)21-14-15-24-23-12-8-9-13-28(23)33(29(24)18-21)22-10-6-5-7-11-22/h5-15,18-20H,16-17H2,1-4H3. The second kappa shape index (κ2) is 7.79. The Balaban J connectivity index is 1.66. The largest absolute Gasteiger partial charge is 0.309 e. The summed E-state index contributed by atoms with van der Waals surface area (Å²) in [7, 11) is 0. The third kappa shape index (κ3) is 3.35. The number of hydrogen-bond donors (Lipinski definition) is 0. The van der Waals surface area contributed by atoms with Gasteiger partial charge < -0.3 is 4.57 Å². The zero-order valence-electron chi connectivity index (χ0n) is 21.2. The summed E-state index contributed by atoms with van der Waals surface area (Å²) in [6.45, 7) is 8.92. The van der Waals surface area contributed by atoms with Crippen molar-refractivity contribution >= 4 is 27.5 Å². The SMILES string of the molecule is CC1(C)CCC(C)(C)c2cc([N+](=O)[O-])c(-c3ccc4c5ccccc5n(-c5ccccc5)c4c3)cc21. The maximum absolute atomic E-state index is 12.3. The van der Waals surface area contributed by atoms with Gasteiger partial charge in [-0.25, -0.2) is 0 Å². The molecule has 0 N–H and O–H groups in total.